The monoisotopic (exact) mass is 264 g/mol. The molecule has 1 aliphatic rings. The topological polar surface area (TPSA) is 53.3 Å². The molecule has 18 heavy (non-hydrogen) atoms. The lowest BCUT2D eigenvalue weighted by Crippen LogP contribution is -2.43. The maximum absolute atomic E-state index is 11.8. The Morgan fingerprint density at radius 3 is 2.44 bits per heavy atom. The van der Waals surface area contributed by atoms with Crippen molar-refractivity contribution in [2.75, 3.05) is 26.3 Å². The molecule has 102 valence electrons. The lowest BCUT2D eigenvalue weighted by atomic mass is 9.82. The van der Waals surface area contributed by atoms with Crippen LogP contribution in [-0.2, 0) is 9.53 Å². The minimum Gasteiger partial charge on any atom is -0.362 e. The van der Waals surface area contributed by atoms with Gasteiger partial charge in [-0.05, 0) is 19.8 Å². The Labute approximate surface area is 103 Å². The van der Waals surface area contributed by atoms with Gasteiger partial charge in [-0.25, -0.2) is 0 Å². The number of halogens is 3. The van der Waals surface area contributed by atoms with Gasteiger partial charge < -0.3 is 9.64 Å². The molecule has 1 fully saturated rings. The fourth-order valence-electron chi connectivity index (χ4n) is 1.71. The van der Waals surface area contributed by atoms with Crippen molar-refractivity contribution in [3.05, 3.63) is 0 Å². The lowest BCUT2D eigenvalue weighted by Gasteiger charge is -2.34. The van der Waals surface area contributed by atoms with Gasteiger partial charge in [0.2, 0.25) is 5.91 Å². The Kier molecular flexibility index (Phi) is 4.57. The maximum Gasteiger partial charge on any atom is 0.411 e. The Bertz CT molecular complexity index is 341. The predicted octanol–water partition coefficient (Wildman–Crippen LogP) is 1.72. The van der Waals surface area contributed by atoms with Crippen molar-refractivity contribution >= 4 is 5.91 Å². The first kappa shape index (κ1) is 14.8. The van der Waals surface area contributed by atoms with E-state index < -0.39 is 30.7 Å². The smallest absolute Gasteiger partial charge is 0.362 e. The average Bonchev–Trinajstić information content (AvgIpc) is 2.28. The highest BCUT2D eigenvalue weighted by molar-refractivity contribution is 5.77. The Morgan fingerprint density at radius 1 is 1.44 bits per heavy atom. The number of carbonyl (C=O) groups is 1. The number of ether oxygens (including phenoxy) is 1. The van der Waals surface area contributed by atoms with E-state index in [4.69, 9.17) is 5.26 Å². The average molecular weight is 264 g/mol. The van der Waals surface area contributed by atoms with Gasteiger partial charge in [0, 0.05) is 13.1 Å². The van der Waals surface area contributed by atoms with Crippen LogP contribution in [0.4, 0.5) is 13.2 Å². The number of rotatable bonds is 3. The Balaban J connectivity index is 2.31. The highest BCUT2D eigenvalue weighted by atomic mass is 19.4. The molecule has 0 aliphatic carbocycles. The zero-order valence-electron chi connectivity index (χ0n) is 10.1. The van der Waals surface area contributed by atoms with Crippen molar-refractivity contribution < 1.29 is 22.7 Å². The number of amides is 1. The van der Waals surface area contributed by atoms with Crippen LogP contribution in [0.3, 0.4) is 0 Å². The van der Waals surface area contributed by atoms with Gasteiger partial charge in [0.15, 0.2) is 0 Å². The molecule has 1 heterocycles. The van der Waals surface area contributed by atoms with Gasteiger partial charge in [0.25, 0.3) is 0 Å². The lowest BCUT2D eigenvalue weighted by molar-refractivity contribution is -0.178. The second-order valence-electron chi connectivity index (χ2n) is 4.66. The van der Waals surface area contributed by atoms with E-state index in [1.54, 1.807) is 0 Å². The van der Waals surface area contributed by atoms with Crippen LogP contribution in [0.5, 0.6) is 0 Å². The number of nitriles is 1. The standard InChI is InChI=1S/C11H15F3N2O2/c1-10(7-15)2-4-16(5-3-10)9(17)6-18-8-11(12,13)14/h2-6,8H2,1H3. The molecule has 0 N–H and O–H groups in total. The molecular weight excluding hydrogens is 249 g/mol. The van der Waals surface area contributed by atoms with Crippen LogP contribution in [0, 0.1) is 16.7 Å². The first-order chi connectivity index (χ1) is 8.26. The number of carbonyl (C=O) groups excluding carboxylic acids is 1. The molecule has 0 aromatic carbocycles. The minimum absolute atomic E-state index is 0.387. The summed E-state index contributed by atoms with van der Waals surface area (Å²) in [6.07, 6.45) is -3.34. The zero-order chi connectivity index (χ0) is 13.8. The Hall–Kier alpha value is -1.29. The number of hydrogen-bond donors (Lipinski definition) is 0. The predicted molar refractivity (Wildman–Crippen MR) is 56.4 cm³/mol. The number of alkyl halides is 3. The van der Waals surface area contributed by atoms with Gasteiger partial charge in [-0.2, -0.15) is 18.4 Å². The van der Waals surface area contributed by atoms with Crippen molar-refractivity contribution in [2.45, 2.75) is 25.9 Å². The molecule has 0 aromatic rings. The summed E-state index contributed by atoms with van der Waals surface area (Å²) < 4.78 is 39.7. The van der Waals surface area contributed by atoms with Gasteiger partial charge in [0.1, 0.15) is 13.2 Å². The first-order valence-electron chi connectivity index (χ1n) is 5.59. The van der Waals surface area contributed by atoms with E-state index in [2.05, 4.69) is 10.8 Å². The maximum atomic E-state index is 11.8. The first-order valence-corrected chi connectivity index (χ1v) is 5.59. The molecule has 0 spiro atoms. The molecule has 0 bridgehead atoms. The van der Waals surface area contributed by atoms with Gasteiger partial charge in [0.05, 0.1) is 11.5 Å². The van der Waals surface area contributed by atoms with E-state index >= 15 is 0 Å². The largest absolute Gasteiger partial charge is 0.411 e. The third-order valence-electron chi connectivity index (χ3n) is 2.98. The molecule has 0 radical (unpaired) electrons. The van der Waals surface area contributed by atoms with Gasteiger partial charge in [-0.15, -0.1) is 0 Å². The van der Waals surface area contributed by atoms with Crippen molar-refractivity contribution in [1.29, 1.82) is 5.26 Å². The molecule has 0 atom stereocenters. The normalized spacial score (nSPS) is 19.4. The number of nitrogens with zero attached hydrogens (tertiary/aromatic N) is 2. The van der Waals surface area contributed by atoms with Crippen LogP contribution in [0.15, 0.2) is 0 Å². The highest BCUT2D eigenvalue weighted by Crippen LogP contribution is 2.29. The summed E-state index contributed by atoms with van der Waals surface area (Å²) in [6, 6.07) is 2.18. The molecule has 0 unspecified atom stereocenters. The van der Waals surface area contributed by atoms with E-state index in [0.29, 0.717) is 25.9 Å². The quantitative estimate of drug-likeness (QED) is 0.779. The third-order valence-corrected chi connectivity index (χ3v) is 2.98. The summed E-state index contributed by atoms with van der Waals surface area (Å²) in [5.74, 6) is -0.459. The van der Waals surface area contributed by atoms with Gasteiger partial charge in [-0.1, -0.05) is 0 Å². The van der Waals surface area contributed by atoms with Crippen LogP contribution >= 0.6 is 0 Å². The minimum atomic E-state index is -4.42. The summed E-state index contributed by atoms with van der Waals surface area (Å²) >= 11 is 0. The molecule has 7 heteroatoms. The fourth-order valence-corrected chi connectivity index (χ4v) is 1.71. The van der Waals surface area contributed by atoms with Crippen LogP contribution < -0.4 is 0 Å². The second-order valence-corrected chi connectivity index (χ2v) is 4.66. The molecule has 0 saturated carbocycles. The molecule has 1 saturated heterocycles. The number of likely N-dealkylation sites (tertiary alicyclic amines) is 1. The van der Waals surface area contributed by atoms with Crippen molar-refractivity contribution in [1.82, 2.24) is 4.90 Å². The molecular formula is C11H15F3N2O2. The van der Waals surface area contributed by atoms with E-state index in [1.165, 1.54) is 4.90 Å². The summed E-state index contributed by atoms with van der Waals surface area (Å²) in [5.41, 5.74) is -0.441. The summed E-state index contributed by atoms with van der Waals surface area (Å²) in [5, 5.41) is 8.90. The summed E-state index contributed by atoms with van der Waals surface area (Å²) in [6.45, 7) is 0.608. The van der Waals surface area contributed by atoms with Crippen molar-refractivity contribution in [3.63, 3.8) is 0 Å². The van der Waals surface area contributed by atoms with Crippen LogP contribution in [0.1, 0.15) is 19.8 Å². The molecule has 1 aliphatic heterocycles. The summed E-state index contributed by atoms with van der Waals surface area (Å²) in [7, 11) is 0. The molecule has 1 amide bonds. The van der Waals surface area contributed by atoms with Gasteiger partial charge in [-0.3, -0.25) is 4.79 Å². The number of piperidine rings is 1. The fraction of sp³-hybridized carbons (Fsp3) is 0.818. The van der Waals surface area contributed by atoms with Crippen LogP contribution in [0.25, 0.3) is 0 Å². The molecule has 0 aromatic heterocycles. The van der Waals surface area contributed by atoms with Crippen molar-refractivity contribution in [3.8, 4) is 6.07 Å². The summed E-state index contributed by atoms with van der Waals surface area (Å²) in [4.78, 5) is 13.0. The van der Waals surface area contributed by atoms with E-state index in [-0.39, 0.29) is 0 Å². The molecule has 1 rings (SSSR count). The van der Waals surface area contributed by atoms with Gasteiger partial charge >= 0.3 is 6.18 Å². The second kappa shape index (κ2) is 5.57. The zero-order valence-corrected chi connectivity index (χ0v) is 10.1. The molecule has 4 nitrogen and oxygen atoms in total. The van der Waals surface area contributed by atoms with E-state index in [9.17, 15) is 18.0 Å². The SMILES string of the molecule is CC1(C#N)CCN(C(=O)COCC(F)(F)F)CC1. The van der Waals surface area contributed by atoms with E-state index in [0.717, 1.165) is 0 Å². The third kappa shape index (κ3) is 4.53. The highest BCUT2D eigenvalue weighted by Gasteiger charge is 2.32. The Morgan fingerprint density at radius 2 is 2.00 bits per heavy atom. The van der Waals surface area contributed by atoms with E-state index in [1.807, 2.05) is 6.92 Å². The van der Waals surface area contributed by atoms with Crippen molar-refractivity contribution in [2.24, 2.45) is 5.41 Å². The number of hydrogen-bond acceptors (Lipinski definition) is 3. The van der Waals surface area contributed by atoms with Crippen LogP contribution in [-0.4, -0.2) is 43.3 Å². The van der Waals surface area contributed by atoms with Crippen LogP contribution in [0.2, 0.25) is 0 Å².